The Kier molecular flexibility index (Phi) is 5.03. The summed E-state index contributed by atoms with van der Waals surface area (Å²) in [6.45, 7) is 4.20. The quantitative estimate of drug-likeness (QED) is 0.710. The minimum atomic E-state index is -1.83. The van der Waals surface area contributed by atoms with Gasteiger partial charge in [-0.25, -0.2) is 9.78 Å². The van der Waals surface area contributed by atoms with Crippen LogP contribution in [0.25, 0.3) is 0 Å². The molecule has 0 saturated carbocycles. The van der Waals surface area contributed by atoms with E-state index in [1.165, 1.54) is 10.6 Å². The number of hydrogen-bond donors (Lipinski definition) is 2. The second-order valence-corrected chi connectivity index (χ2v) is 2.94. The van der Waals surface area contributed by atoms with Crippen LogP contribution in [0.2, 0.25) is 0 Å². The average Bonchev–Trinajstić information content (AvgIpc) is 2.33. The number of nitrogens with zero attached hydrogens (tertiary/aromatic N) is 1. The molecule has 0 saturated heterocycles. The van der Waals surface area contributed by atoms with E-state index in [9.17, 15) is 0 Å². The van der Waals surface area contributed by atoms with Crippen molar-refractivity contribution in [2.45, 2.75) is 20.3 Å². The van der Waals surface area contributed by atoms with Crippen LogP contribution < -0.4 is 0 Å². The second kappa shape index (κ2) is 5.54. The Labute approximate surface area is 74.5 Å². The lowest BCUT2D eigenvalue weighted by molar-refractivity contribution is 0.137. The van der Waals surface area contributed by atoms with Gasteiger partial charge in [0.05, 0.1) is 11.2 Å². The van der Waals surface area contributed by atoms with E-state index in [1.807, 2.05) is 5.51 Å². The Hall–Kier alpha value is -1.10. The SMILES string of the molecule is CCc1scnc1C.O=C(O)O. The molecule has 5 heteroatoms. The Balaban J connectivity index is 0.000000261. The number of thiazole rings is 1. The molecule has 68 valence electrons. The van der Waals surface area contributed by atoms with Crippen LogP contribution in [0, 0.1) is 6.92 Å². The predicted molar refractivity (Wildman–Crippen MR) is 46.9 cm³/mol. The molecule has 1 rings (SSSR count). The lowest BCUT2D eigenvalue weighted by Crippen LogP contribution is -1.81. The molecule has 0 fully saturated rings. The summed E-state index contributed by atoms with van der Waals surface area (Å²) >= 11 is 1.74. The van der Waals surface area contributed by atoms with Gasteiger partial charge in [-0.05, 0) is 13.3 Å². The van der Waals surface area contributed by atoms with Gasteiger partial charge in [0.2, 0.25) is 0 Å². The molecule has 0 aliphatic heterocycles. The van der Waals surface area contributed by atoms with E-state index in [2.05, 4.69) is 18.8 Å². The van der Waals surface area contributed by atoms with Gasteiger partial charge in [0.1, 0.15) is 0 Å². The van der Waals surface area contributed by atoms with Crippen LogP contribution >= 0.6 is 11.3 Å². The second-order valence-electron chi connectivity index (χ2n) is 2.00. The first-order chi connectivity index (χ1) is 5.57. The average molecular weight is 189 g/mol. The zero-order valence-electron chi connectivity index (χ0n) is 6.94. The van der Waals surface area contributed by atoms with E-state index in [4.69, 9.17) is 15.0 Å². The van der Waals surface area contributed by atoms with Crippen molar-refractivity contribution >= 4 is 17.5 Å². The predicted octanol–water partition coefficient (Wildman–Crippen LogP) is 2.24. The van der Waals surface area contributed by atoms with Gasteiger partial charge in [-0.1, -0.05) is 6.92 Å². The highest BCUT2D eigenvalue weighted by Gasteiger charge is 1.94. The van der Waals surface area contributed by atoms with Crippen molar-refractivity contribution in [2.24, 2.45) is 0 Å². The molecule has 0 atom stereocenters. The molecule has 1 aromatic rings. The first-order valence-corrected chi connectivity index (χ1v) is 4.26. The Morgan fingerprint density at radius 3 is 2.33 bits per heavy atom. The summed E-state index contributed by atoms with van der Waals surface area (Å²) in [6.07, 6.45) is -0.712. The van der Waals surface area contributed by atoms with Crippen LogP contribution in [0.1, 0.15) is 17.5 Å². The van der Waals surface area contributed by atoms with Gasteiger partial charge >= 0.3 is 6.16 Å². The van der Waals surface area contributed by atoms with Crippen molar-refractivity contribution in [3.63, 3.8) is 0 Å². The number of aromatic nitrogens is 1. The number of carbonyl (C=O) groups is 1. The molecule has 1 aromatic heterocycles. The summed E-state index contributed by atoms with van der Waals surface area (Å²) in [5, 5.41) is 13.9. The lowest BCUT2D eigenvalue weighted by Gasteiger charge is -1.85. The molecule has 0 aliphatic rings. The van der Waals surface area contributed by atoms with Gasteiger partial charge < -0.3 is 10.2 Å². The van der Waals surface area contributed by atoms with E-state index >= 15 is 0 Å². The van der Waals surface area contributed by atoms with E-state index < -0.39 is 6.16 Å². The van der Waals surface area contributed by atoms with Crippen molar-refractivity contribution in [2.75, 3.05) is 0 Å². The molecule has 0 bridgehead atoms. The molecule has 0 aliphatic carbocycles. The zero-order chi connectivity index (χ0) is 9.56. The molecule has 12 heavy (non-hydrogen) atoms. The summed E-state index contributed by atoms with van der Waals surface area (Å²) < 4.78 is 0. The third kappa shape index (κ3) is 4.68. The van der Waals surface area contributed by atoms with E-state index in [0.717, 1.165) is 6.42 Å². The molecule has 2 N–H and O–H groups in total. The maximum atomic E-state index is 8.56. The molecule has 4 nitrogen and oxygen atoms in total. The van der Waals surface area contributed by atoms with Crippen LogP contribution in [-0.2, 0) is 6.42 Å². The Bertz CT molecular complexity index is 243. The zero-order valence-corrected chi connectivity index (χ0v) is 7.76. The van der Waals surface area contributed by atoms with Crippen LogP contribution in [0.3, 0.4) is 0 Å². The number of rotatable bonds is 1. The Morgan fingerprint density at radius 2 is 2.17 bits per heavy atom. The highest BCUT2D eigenvalue weighted by atomic mass is 32.1. The first-order valence-electron chi connectivity index (χ1n) is 3.38. The van der Waals surface area contributed by atoms with Crippen LogP contribution in [0.15, 0.2) is 5.51 Å². The summed E-state index contributed by atoms with van der Waals surface area (Å²) in [4.78, 5) is 14.1. The van der Waals surface area contributed by atoms with Crippen LogP contribution in [0.4, 0.5) is 4.79 Å². The standard InChI is InChI=1S/C6H9NS.CH2O3/c1-3-6-5(2)7-4-8-6;2-1(3)4/h4H,3H2,1-2H3;(H2,2,3,4). The van der Waals surface area contributed by atoms with Gasteiger partial charge in [-0.3, -0.25) is 0 Å². The summed E-state index contributed by atoms with van der Waals surface area (Å²) in [7, 11) is 0. The number of aryl methyl sites for hydroxylation is 2. The minimum Gasteiger partial charge on any atom is -0.450 e. The molecule has 0 spiro atoms. The van der Waals surface area contributed by atoms with Gasteiger partial charge in [-0.2, -0.15) is 0 Å². The van der Waals surface area contributed by atoms with Crippen molar-refractivity contribution in [1.29, 1.82) is 0 Å². The van der Waals surface area contributed by atoms with Gasteiger partial charge in [0, 0.05) is 4.88 Å². The molecule has 0 amide bonds. The fourth-order valence-corrected chi connectivity index (χ4v) is 1.39. The molecular formula is C7H11NO3S. The lowest BCUT2D eigenvalue weighted by atomic mass is 10.3. The van der Waals surface area contributed by atoms with Crippen molar-refractivity contribution in [3.8, 4) is 0 Å². The molecule has 0 radical (unpaired) electrons. The number of carboxylic acid groups (broad SMARTS) is 2. The fraction of sp³-hybridized carbons (Fsp3) is 0.429. The van der Waals surface area contributed by atoms with Crippen molar-refractivity contribution in [1.82, 2.24) is 4.98 Å². The topological polar surface area (TPSA) is 70.4 Å². The molecule has 0 unspecified atom stereocenters. The third-order valence-electron chi connectivity index (χ3n) is 1.17. The third-order valence-corrected chi connectivity index (χ3v) is 2.25. The van der Waals surface area contributed by atoms with Gasteiger partial charge in [0.15, 0.2) is 0 Å². The van der Waals surface area contributed by atoms with Gasteiger partial charge in [0.25, 0.3) is 0 Å². The van der Waals surface area contributed by atoms with Crippen LogP contribution in [-0.4, -0.2) is 21.4 Å². The van der Waals surface area contributed by atoms with E-state index in [-0.39, 0.29) is 0 Å². The van der Waals surface area contributed by atoms with Crippen LogP contribution in [0.5, 0.6) is 0 Å². The van der Waals surface area contributed by atoms with Crippen molar-refractivity contribution in [3.05, 3.63) is 16.1 Å². The monoisotopic (exact) mass is 189 g/mol. The largest absolute Gasteiger partial charge is 0.503 e. The normalized spacial score (nSPS) is 8.50. The summed E-state index contributed by atoms with van der Waals surface area (Å²) in [5.41, 5.74) is 3.09. The fourth-order valence-electron chi connectivity index (χ4n) is 0.665. The Morgan fingerprint density at radius 1 is 1.67 bits per heavy atom. The van der Waals surface area contributed by atoms with E-state index in [1.54, 1.807) is 11.3 Å². The molecular weight excluding hydrogens is 178 g/mol. The van der Waals surface area contributed by atoms with Gasteiger partial charge in [-0.15, -0.1) is 11.3 Å². The first kappa shape index (κ1) is 10.9. The summed E-state index contributed by atoms with van der Waals surface area (Å²) in [6, 6.07) is 0. The minimum absolute atomic E-state index is 1.12. The smallest absolute Gasteiger partial charge is 0.450 e. The maximum Gasteiger partial charge on any atom is 0.503 e. The molecule has 1 heterocycles. The molecule has 0 aromatic carbocycles. The summed E-state index contributed by atoms with van der Waals surface area (Å²) in [5.74, 6) is 0. The van der Waals surface area contributed by atoms with E-state index in [0.29, 0.717) is 0 Å². The highest BCUT2D eigenvalue weighted by Crippen LogP contribution is 2.11. The maximum absolute atomic E-state index is 8.56. The highest BCUT2D eigenvalue weighted by molar-refractivity contribution is 7.09. The number of hydrogen-bond acceptors (Lipinski definition) is 3. The van der Waals surface area contributed by atoms with Crippen molar-refractivity contribution < 1.29 is 15.0 Å².